The van der Waals surface area contributed by atoms with E-state index in [1.54, 1.807) is 0 Å². The van der Waals surface area contributed by atoms with E-state index < -0.39 is 0 Å². The van der Waals surface area contributed by atoms with Crippen LogP contribution in [-0.2, 0) is 9.53 Å². The number of ether oxygens (including phenoxy) is 1. The van der Waals surface area contributed by atoms with Crippen LogP contribution in [-0.4, -0.2) is 43.7 Å². The van der Waals surface area contributed by atoms with Crippen LogP contribution >= 0.6 is 0 Å². The van der Waals surface area contributed by atoms with Gasteiger partial charge >= 0.3 is 5.97 Å². The number of nitrogens with zero attached hydrogens (tertiary/aromatic N) is 1. The first-order chi connectivity index (χ1) is 11.2. The maximum absolute atomic E-state index is 12.1. The Balaban J connectivity index is 1.82. The fourth-order valence-electron chi connectivity index (χ4n) is 4.38. The van der Waals surface area contributed by atoms with Gasteiger partial charge in [0.05, 0.1) is 13.0 Å². The molecule has 2 aliphatic heterocycles. The van der Waals surface area contributed by atoms with E-state index in [0.29, 0.717) is 18.5 Å². The standard InChI is InChI=1S/C19H22N2O2/c1-3-7-21-11-13(19(22)23-2)8-15-14-5-4-6-16-18(14)12(10-20-16)9-17(15)21/h3-6,8,12-13,17,20H,1,7,9-11H2,2H3/t12?,13-,17+/m0/s1. The average molecular weight is 310 g/mol. The van der Waals surface area contributed by atoms with Gasteiger partial charge in [0.2, 0.25) is 0 Å². The molecule has 1 unspecified atom stereocenters. The van der Waals surface area contributed by atoms with Crippen molar-refractivity contribution >= 4 is 17.2 Å². The van der Waals surface area contributed by atoms with Crippen molar-refractivity contribution in [2.24, 2.45) is 5.92 Å². The minimum Gasteiger partial charge on any atom is -0.469 e. The summed E-state index contributed by atoms with van der Waals surface area (Å²) in [6.07, 6.45) is 5.17. The summed E-state index contributed by atoms with van der Waals surface area (Å²) in [5, 5.41) is 3.53. The highest BCUT2D eigenvalue weighted by molar-refractivity contribution is 5.85. The largest absolute Gasteiger partial charge is 0.469 e. The van der Waals surface area contributed by atoms with Crippen molar-refractivity contribution in [1.82, 2.24) is 4.90 Å². The number of fused-ring (bicyclic) bond motifs is 2. The van der Waals surface area contributed by atoms with Crippen LogP contribution in [0.4, 0.5) is 5.69 Å². The molecule has 0 fully saturated rings. The Bertz CT molecular complexity index is 695. The van der Waals surface area contributed by atoms with E-state index in [4.69, 9.17) is 4.74 Å². The highest BCUT2D eigenvalue weighted by atomic mass is 16.5. The van der Waals surface area contributed by atoms with Gasteiger partial charge in [-0.15, -0.1) is 6.58 Å². The van der Waals surface area contributed by atoms with Crippen molar-refractivity contribution in [2.45, 2.75) is 18.4 Å². The number of hydrogen-bond acceptors (Lipinski definition) is 4. The minimum atomic E-state index is -0.201. The summed E-state index contributed by atoms with van der Waals surface area (Å²) in [7, 11) is 1.46. The van der Waals surface area contributed by atoms with Crippen LogP contribution in [0.1, 0.15) is 23.5 Å². The number of nitrogens with one attached hydrogen (secondary N) is 1. The van der Waals surface area contributed by atoms with Crippen LogP contribution in [0.25, 0.3) is 5.57 Å². The molecule has 0 radical (unpaired) electrons. The molecule has 4 heteroatoms. The van der Waals surface area contributed by atoms with Crippen molar-refractivity contribution in [3.8, 4) is 0 Å². The number of anilines is 1. The Hall–Kier alpha value is -2.07. The summed E-state index contributed by atoms with van der Waals surface area (Å²) in [6, 6.07) is 6.82. The molecule has 0 spiro atoms. The van der Waals surface area contributed by atoms with Crippen LogP contribution in [0.15, 0.2) is 36.9 Å². The number of rotatable bonds is 3. The smallest absolute Gasteiger partial charge is 0.313 e. The SMILES string of the molecule is C=CCN1C[C@@H](C(=O)OC)C=C2c3cccc4c3C(CN4)C[C@H]21. The van der Waals surface area contributed by atoms with Crippen molar-refractivity contribution in [3.63, 3.8) is 0 Å². The topological polar surface area (TPSA) is 41.6 Å². The summed E-state index contributed by atoms with van der Waals surface area (Å²) < 4.78 is 4.99. The zero-order valence-electron chi connectivity index (χ0n) is 13.4. The first kappa shape index (κ1) is 14.5. The van der Waals surface area contributed by atoms with Crippen LogP contribution < -0.4 is 5.32 Å². The Morgan fingerprint density at radius 1 is 1.52 bits per heavy atom. The lowest BCUT2D eigenvalue weighted by atomic mass is 9.74. The first-order valence-corrected chi connectivity index (χ1v) is 8.24. The van der Waals surface area contributed by atoms with Gasteiger partial charge in [-0.05, 0) is 29.2 Å². The van der Waals surface area contributed by atoms with Gasteiger partial charge in [0.25, 0.3) is 0 Å². The van der Waals surface area contributed by atoms with Crippen molar-refractivity contribution < 1.29 is 9.53 Å². The normalized spacial score (nSPS) is 28.2. The summed E-state index contributed by atoms with van der Waals surface area (Å²) >= 11 is 0. The molecule has 4 nitrogen and oxygen atoms in total. The van der Waals surface area contributed by atoms with Crippen LogP contribution in [0, 0.1) is 5.92 Å². The predicted molar refractivity (Wildman–Crippen MR) is 91.3 cm³/mol. The van der Waals surface area contributed by atoms with Gasteiger partial charge in [-0.1, -0.05) is 24.3 Å². The monoisotopic (exact) mass is 310 g/mol. The number of benzene rings is 1. The number of carbonyl (C=O) groups is 1. The molecule has 0 bridgehead atoms. The second-order valence-corrected chi connectivity index (χ2v) is 6.59. The van der Waals surface area contributed by atoms with Crippen molar-refractivity contribution in [1.29, 1.82) is 0 Å². The third-order valence-corrected chi connectivity index (χ3v) is 5.35. The van der Waals surface area contributed by atoms with Gasteiger partial charge in [-0.3, -0.25) is 9.69 Å². The summed E-state index contributed by atoms with van der Waals surface area (Å²) in [5.74, 6) is 0.205. The molecule has 1 aliphatic carbocycles. The first-order valence-electron chi connectivity index (χ1n) is 8.24. The number of methoxy groups -OCH3 is 1. The number of esters is 1. The molecule has 1 aromatic carbocycles. The molecule has 0 aromatic heterocycles. The van der Waals surface area contributed by atoms with E-state index in [9.17, 15) is 4.79 Å². The molecule has 120 valence electrons. The number of carbonyl (C=O) groups excluding carboxylic acids is 1. The lowest BCUT2D eigenvalue weighted by molar-refractivity contribution is -0.144. The van der Waals surface area contributed by atoms with Gasteiger partial charge in [-0.25, -0.2) is 0 Å². The highest BCUT2D eigenvalue weighted by Crippen LogP contribution is 2.48. The molecule has 2 heterocycles. The van der Waals surface area contributed by atoms with Crippen LogP contribution in [0.2, 0.25) is 0 Å². The lowest BCUT2D eigenvalue weighted by Gasteiger charge is -2.43. The molecule has 0 saturated heterocycles. The second kappa shape index (κ2) is 5.53. The Morgan fingerprint density at radius 2 is 2.39 bits per heavy atom. The molecule has 3 atom stereocenters. The zero-order valence-corrected chi connectivity index (χ0v) is 13.4. The fraction of sp³-hybridized carbons (Fsp3) is 0.421. The van der Waals surface area contributed by atoms with E-state index in [1.807, 2.05) is 6.08 Å². The molecule has 1 aromatic rings. The van der Waals surface area contributed by atoms with E-state index in [1.165, 1.54) is 29.5 Å². The lowest BCUT2D eigenvalue weighted by Crippen LogP contribution is -2.47. The molecule has 23 heavy (non-hydrogen) atoms. The Kier molecular flexibility index (Phi) is 3.49. The predicted octanol–water partition coefficient (Wildman–Crippen LogP) is 2.64. The molecule has 4 rings (SSSR count). The molecule has 3 aliphatic rings. The van der Waals surface area contributed by atoms with Gasteiger partial charge < -0.3 is 10.1 Å². The fourth-order valence-corrected chi connectivity index (χ4v) is 4.38. The minimum absolute atomic E-state index is 0.155. The third-order valence-electron chi connectivity index (χ3n) is 5.35. The molecular formula is C19H22N2O2. The van der Waals surface area contributed by atoms with Crippen molar-refractivity contribution in [3.05, 3.63) is 48.1 Å². The Morgan fingerprint density at radius 3 is 3.17 bits per heavy atom. The Labute approximate surface area is 136 Å². The quantitative estimate of drug-likeness (QED) is 0.688. The molecular weight excluding hydrogens is 288 g/mol. The summed E-state index contributed by atoms with van der Waals surface area (Å²) in [6.45, 7) is 6.41. The molecule has 0 amide bonds. The third kappa shape index (κ3) is 2.20. The summed E-state index contributed by atoms with van der Waals surface area (Å²) in [4.78, 5) is 14.5. The van der Waals surface area contributed by atoms with Crippen LogP contribution in [0.5, 0.6) is 0 Å². The van der Waals surface area contributed by atoms with Gasteiger partial charge in [0.1, 0.15) is 0 Å². The van der Waals surface area contributed by atoms with E-state index >= 15 is 0 Å². The van der Waals surface area contributed by atoms with Gasteiger partial charge in [0, 0.05) is 37.3 Å². The van der Waals surface area contributed by atoms with E-state index in [0.717, 1.165) is 19.5 Å². The van der Waals surface area contributed by atoms with Gasteiger partial charge in [-0.2, -0.15) is 0 Å². The van der Waals surface area contributed by atoms with Gasteiger partial charge in [0.15, 0.2) is 0 Å². The van der Waals surface area contributed by atoms with Crippen molar-refractivity contribution in [2.75, 3.05) is 32.1 Å². The average Bonchev–Trinajstić information content (AvgIpc) is 2.99. The second-order valence-electron chi connectivity index (χ2n) is 6.59. The molecule has 0 saturated carbocycles. The summed E-state index contributed by atoms with van der Waals surface area (Å²) in [5.41, 5.74) is 5.27. The van der Waals surface area contributed by atoms with Crippen LogP contribution in [0.3, 0.4) is 0 Å². The van der Waals surface area contributed by atoms with E-state index in [2.05, 4.69) is 41.1 Å². The maximum Gasteiger partial charge on any atom is 0.313 e. The maximum atomic E-state index is 12.1. The zero-order chi connectivity index (χ0) is 16.0. The molecule has 1 N–H and O–H groups in total. The highest BCUT2D eigenvalue weighted by Gasteiger charge is 2.41. The van der Waals surface area contributed by atoms with E-state index in [-0.39, 0.29) is 11.9 Å². The number of hydrogen-bond donors (Lipinski definition) is 1.